The van der Waals surface area contributed by atoms with Gasteiger partial charge in [0.2, 0.25) is 0 Å². The molecule has 0 amide bonds. The average molecular weight is 303 g/mol. The van der Waals surface area contributed by atoms with Crippen molar-refractivity contribution in [2.45, 2.75) is 13.1 Å². The highest BCUT2D eigenvalue weighted by Gasteiger charge is 2.34. The fourth-order valence-electron chi connectivity index (χ4n) is 1.79. The van der Waals surface area contributed by atoms with E-state index in [1.165, 1.54) is 14.0 Å². The lowest BCUT2D eigenvalue weighted by atomic mass is 10.1. The zero-order valence-electron chi connectivity index (χ0n) is 11.0. The number of benzene rings is 1. The lowest BCUT2D eigenvalue weighted by Crippen LogP contribution is -2.10. The quantitative estimate of drug-likeness (QED) is 0.858. The van der Waals surface area contributed by atoms with Gasteiger partial charge in [-0.15, -0.1) is 0 Å². The summed E-state index contributed by atoms with van der Waals surface area (Å²) in [4.78, 5) is 7.35. The number of alkyl halides is 3. The third-order valence-electron chi connectivity index (χ3n) is 2.78. The fourth-order valence-corrected chi connectivity index (χ4v) is 1.79. The van der Waals surface area contributed by atoms with Crippen molar-refractivity contribution in [3.05, 3.63) is 41.1 Å². The summed E-state index contributed by atoms with van der Waals surface area (Å²) in [6.45, 7) is 1.29. The third-order valence-corrected chi connectivity index (χ3v) is 2.78. The number of rotatable bonds is 2. The molecule has 21 heavy (non-hydrogen) atoms. The highest BCUT2D eigenvalue weighted by molar-refractivity contribution is 5.63. The molecule has 2 aromatic rings. The molecule has 2 rings (SSSR count). The molecule has 3 nitrogen and oxygen atoms in total. The molecule has 0 radical (unpaired) electrons. The Morgan fingerprint density at radius 3 is 2.33 bits per heavy atom. The van der Waals surface area contributed by atoms with Crippen LogP contribution in [0.2, 0.25) is 0 Å². The largest absolute Gasteiger partial charge is 0.417 e. The minimum absolute atomic E-state index is 0.137. The Morgan fingerprint density at radius 1 is 1.10 bits per heavy atom. The van der Waals surface area contributed by atoms with Gasteiger partial charge in [0.1, 0.15) is 5.82 Å². The lowest BCUT2D eigenvalue weighted by Gasteiger charge is -2.13. The molecule has 112 valence electrons. The van der Waals surface area contributed by atoms with Crippen LogP contribution in [0.1, 0.15) is 11.3 Å². The normalized spacial score (nSPS) is 11.6. The van der Waals surface area contributed by atoms with Gasteiger partial charge in [-0.3, -0.25) is 0 Å². The molecule has 0 aliphatic carbocycles. The fraction of sp³-hybridized carbons (Fsp3) is 0.231. The van der Waals surface area contributed by atoms with Gasteiger partial charge < -0.3 is 5.32 Å². The first-order chi connectivity index (χ1) is 9.74. The smallest absolute Gasteiger partial charge is 0.371 e. The number of halogens is 5. The van der Waals surface area contributed by atoms with Gasteiger partial charge in [0.05, 0.1) is 11.3 Å². The Bertz CT molecular complexity index is 682. The molecule has 1 aromatic carbocycles. The topological polar surface area (TPSA) is 37.8 Å². The molecule has 0 aliphatic heterocycles. The maximum Gasteiger partial charge on any atom is 0.417 e. The van der Waals surface area contributed by atoms with Gasteiger partial charge in [-0.2, -0.15) is 13.2 Å². The number of hydrogen-bond acceptors (Lipinski definition) is 3. The van der Waals surface area contributed by atoms with Crippen LogP contribution >= 0.6 is 0 Å². The standard InChI is InChI=1S/C13H10F5N3/c1-6-10(15)12(19-2)21-11(20-6)8-5-7(14)3-4-9(8)13(16,17)18/h3-5H,1-2H3,(H,19,20,21). The highest BCUT2D eigenvalue weighted by Crippen LogP contribution is 2.36. The van der Waals surface area contributed by atoms with Crippen LogP contribution in [0.4, 0.5) is 27.8 Å². The van der Waals surface area contributed by atoms with E-state index in [0.717, 1.165) is 0 Å². The van der Waals surface area contributed by atoms with E-state index in [1.807, 2.05) is 0 Å². The van der Waals surface area contributed by atoms with E-state index in [-0.39, 0.29) is 11.5 Å². The maximum atomic E-state index is 13.6. The second kappa shape index (κ2) is 5.27. The van der Waals surface area contributed by atoms with Crippen molar-refractivity contribution in [1.82, 2.24) is 9.97 Å². The molecule has 0 spiro atoms. The lowest BCUT2D eigenvalue weighted by molar-refractivity contribution is -0.137. The van der Waals surface area contributed by atoms with Gasteiger partial charge in [-0.05, 0) is 25.1 Å². The van der Waals surface area contributed by atoms with Crippen LogP contribution in [-0.4, -0.2) is 17.0 Å². The summed E-state index contributed by atoms with van der Waals surface area (Å²) in [7, 11) is 1.37. The van der Waals surface area contributed by atoms with Gasteiger partial charge in [0, 0.05) is 12.6 Å². The van der Waals surface area contributed by atoms with Crippen molar-refractivity contribution in [2.24, 2.45) is 0 Å². The van der Waals surface area contributed by atoms with E-state index >= 15 is 0 Å². The average Bonchev–Trinajstić information content (AvgIpc) is 2.40. The minimum atomic E-state index is -4.70. The Balaban J connectivity index is 2.72. The molecule has 0 aliphatic rings. The van der Waals surface area contributed by atoms with Gasteiger partial charge in [-0.1, -0.05) is 0 Å². The molecule has 0 saturated carbocycles. The Hall–Kier alpha value is -2.25. The monoisotopic (exact) mass is 303 g/mol. The first kappa shape index (κ1) is 15.1. The molecular formula is C13H10F5N3. The Labute approximate surface area is 116 Å². The van der Waals surface area contributed by atoms with Crippen molar-refractivity contribution in [2.75, 3.05) is 12.4 Å². The molecule has 1 N–H and O–H groups in total. The Morgan fingerprint density at radius 2 is 1.76 bits per heavy atom. The van der Waals surface area contributed by atoms with Crippen LogP contribution in [0, 0.1) is 18.6 Å². The predicted molar refractivity (Wildman–Crippen MR) is 66.7 cm³/mol. The predicted octanol–water partition coefficient (Wildman–Crippen LogP) is 3.79. The van der Waals surface area contributed by atoms with E-state index in [9.17, 15) is 22.0 Å². The van der Waals surface area contributed by atoms with Crippen LogP contribution in [0.3, 0.4) is 0 Å². The molecule has 0 saturated heterocycles. The number of hydrogen-bond donors (Lipinski definition) is 1. The zero-order valence-corrected chi connectivity index (χ0v) is 11.0. The molecule has 1 heterocycles. The van der Waals surface area contributed by atoms with E-state index in [0.29, 0.717) is 18.2 Å². The summed E-state index contributed by atoms with van der Waals surface area (Å²) in [5, 5.41) is 2.42. The molecule has 0 unspecified atom stereocenters. The van der Waals surface area contributed by atoms with Crippen LogP contribution in [-0.2, 0) is 6.18 Å². The summed E-state index contributed by atoms with van der Waals surface area (Å²) in [5.41, 5.74) is -1.76. The van der Waals surface area contributed by atoms with Crippen molar-refractivity contribution in [3.8, 4) is 11.4 Å². The van der Waals surface area contributed by atoms with Crippen LogP contribution in [0.15, 0.2) is 18.2 Å². The number of nitrogens with zero attached hydrogens (tertiary/aromatic N) is 2. The van der Waals surface area contributed by atoms with Crippen LogP contribution in [0.25, 0.3) is 11.4 Å². The van der Waals surface area contributed by atoms with Gasteiger partial charge in [-0.25, -0.2) is 18.7 Å². The number of anilines is 1. The zero-order chi connectivity index (χ0) is 15.8. The second-order valence-corrected chi connectivity index (χ2v) is 4.23. The van der Waals surface area contributed by atoms with E-state index < -0.39 is 34.8 Å². The molecule has 0 atom stereocenters. The van der Waals surface area contributed by atoms with Crippen molar-refractivity contribution >= 4 is 5.82 Å². The van der Waals surface area contributed by atoms with E-state index in [4.69, 9.17) is 0 Å². The van der Waals surface area contributed by atoms with Crippen molar-refractivity contribution in [3.63, 3.8) is 0 Å². The molecule has 1 aromatic heterocycles. The minimum Gasteiger partial charge on any atom is -0.371 e. The summed E-state index contributed by atoms with van der Waals surface area (Å²) < 4.78 is 65.8. The summed E-state index contributed by atoms with van der Waals surface area (Å²) in [5.74, 6) is -2.29. The molecule has 0 bridgehead atoms. The van der Waals surface area contributed by atoms with E-state index in [2.05, 4.69) is 15.3 Å². The second-order valence-electron chi connectivity index (χ2n) is 4.23. The highest BCUT2D eigenvalue weighted by atomic mass is 19.4. The SMILES string of the molecule is CNc1nc(-c2cc(F)ccc2C(F)(F)F)nc(C)c1F. The van der Waals surface area contributed by atoms with Crippen LogP contribution in [0.5, 0.6) is 0 Å². The number of aromatic nitrogens is 2. The van der Waals surface area contributed by atoms with Crippen molar-refractivity contribution in [1.29, 1.82) is 0 Å². The summed E-state index contributed by atoms with van der Waals surface area (Å²) in [6.07, 6.45) is -4.70. The summed E-state index contributed by atoms with van der Waals surface area (Å²) in [6, 6.07) is 1.97. The van der Waals surface area contributed by atoms with Crippen LogP contribution < -0.4 is 5.32 Å². The van der Waals surface area contributed by atoms with Gasteiger partial charge >= 0.3 is 6.18 Å². The molecule has 0 fully saturated rings. The van der Waals surface area contributed by atoms with Gasteiger partial charge in [0.25, 0.3) is 0 Å². The maximum absolute atomic E-state index is 13.6. The first-order valence-electron chi connectivity index (χ1n) is 5.83. The molecule has 8 heteroatoms. The summed E-state index contributed by atoms with van der Waals surface area (Å²) >= 11 is 0. The number of aryl methyl sites for hydroxylation is 1. The van der Waals surface area contributed by atoms with Crippen molar-refractivity contribution < 1.29 is 22.0 Å². The Kier molecular flexibility index (Phi) is 3.80. The molecular weight excluding hydrogens is 293 g/mol. The van der Waals surface area contributed by atoms with E-state index in [1.54, 1.807) is 0 Å². The number of nitrogens with one attached hydrogen (secondary N) is 1. The first-order valence-corrected chi connectivity index (χ1v) is 5.83. The third kappa shape index (κ3) is 2.93. The van der Waals surface area contributed by atoms with Gasteiger partial charge in [0.15, 0.2) is 17.5 Å².